The summed E-state index contributed by atoms with van der Waals surface area (Å²) in [5.41, 5.74) is 11.1. The van der Waals surface area contributed by atoms with Crippen LogP contribution in [-0.4, -0.2) is 10.8 Å². The molecule has 0 bridgehead atoms. The van der Waals surface area contributed by atoms with E-state index in [2.05, 4.69) is 0 Å². The first-order chi connectivity index (χ1) is 9.45. The second-order valence-corrected chi connectivity index (χ2v) is 4.01. The molecule has 0 unspecified atom stereocenters. The number of amides is 1. The summed E-state index contributed by atoms with van der Waals surface area (Å²) < 4.78 is 5.45. The number of nitrogen functional groups attached to an aromatic ring is 1. The summed E-state index contributed by atoms with van der Waals surface area (Å²) in [4.78, 5) is 21.1. The molecular formula is C13H11N3O4. The maximum Gasteiger partial charge on any atom is 0.275 e. The number of anilines is 1. The predicted molar refractivity (Wildman–Crippen MR) is 72.5 cm³/mol. The van der Waals surface area contributed by atoms with Crippen LogP contribution >= 0.6 is 0 Å². The Balaban J connectivity index is 2.25. The molecule has 1 amide bonds. The molecule has 0 aromatic heterocycles. The number of benzene rings is 2. The van der Waals surface area contributed by atoms with Crippen molar-refractivity contribution in [2.75, 3.05) is 5.73 Å². The molecule has 0 aliphatic carbocycles. The van der Waals surface area contributed by atoms with Gasteiger partial charge in [-0.3, -0.25) is 14.9 Å². The van der Waals surface area contributed by atoms with Gasteiger partial charge in [0.2, 0.25) is 5.91 Å². The summed E-state index contributed by atoms with van der Waals surface area (Å²) in [7, 11) is 0. The quantitative estimate of drug-likeness (QED) is 0.501. The van der Waals surface area contributed by atoms with Crippen molar-refractivity contribution in [2.45, 2.75) is 0 Å². The zero-order valence-electron chi connectivity index (χ0n) is 10.3. The lowest BCUT2D eigenvalue weighted by Gasteiger charge is -2.07. The molecule has 0 saturated heterocycles. The van der Waals surface area contributed by atoms with E-state index in [0.29, 0.717) is 11.3 Å². The minimum absolute atomic E-state index is 0.159. The summed E-state index contributed by atoms with van der Waals surface area (Å²) in [6, 6.07) is 10.0. The number of rotatable bonds is 4. The van der Waals surface area contributed by atoms with E-state index in [4.69, 9.17) is 16.2 Å². The van der Waals surface area contributed by atoms with Crippen molar-refractivity contribution in [3.63, 3.8) is 0 Å². The molecule has 0 aliphatic heterocycles. The van der Waals surface area contributed by atoms with Crippen molar-refractivity contribution in [3.05, 3.63) is 58.1 Å². The monoisotopic (exact) mass is 273 g/mol. The number of carbonyl (C=O) groups is 1. The third-order valence-electron chi connectivity index (χ3n) is 2.50. The predicted octanol–water partition coefficient (Wildman–Crippen LogP) is 2.07. The number of hydrogen-bond donors (Lipinski definition) is 2. The topological polar surface area (TPSA) is 121 Å². The Bertz CT molecular complexity index is 668. The van der Waals surface area contributed by atoms with Gasteiger partial charge in [0.05, 0.1) is 11.0 Å². The average Bonchev–Trinajstić information content (AvgIpc) is 2.38. The van der Waals surface area contributed by atoms with Gasteiger partial charge >= 0.3 is 0 Å². The van der Waals surface area contributed by atoms with E-state index < -0.39 is 10.8 Å². The number of nitrogens with zero attached hydrogens (tertiary/aromatic N) is 1. The van der Waals surface area contributed by atoms with Crippen LogP contribution in [0.3, 0.4) is 0 Å². The Hall–Kier alpha value is -3.09. The Morgan fingerprint density at radius 2 is 1.75 bits per heavy atom. The van der Waals surface area contributed by atoms with Crippen LogP contribution in [0.2, 0.25) is 0 Å². The number of nitro groups is 1. The summed E-state index contributed by atoms with van der Waals surface area (Å²) in [5.74, 6) is 0.106. The van der Waals surface area contributed by atoms with Gasteiger partial charge in [-0.2, -0.15) is 0 Å². The largest absolute Gasteiger partial charge is 0.457 e. The van der Waals surface area contributed by atoms with Gasteiger partial charge in [0.25, 0.3) is 5.69 Å². The molecule has 7 heteroatoms. The van der Waals surface area contributed by atoms with Crippen molar-refractivity contribution in [1.82, 2.24) is 0 Å². The van der Waals surface area contributed by atoms with Crippen molar-refractivity contribution < 1.29 is 14.5 Å². The number of nitrogens with two attached hydrogens (primary N) is 2. The fourth-order valence-corrected chi connectivity index (χ4v) is 1.59. The van der Waals surface area contributed by atoms with Crippen LogP contribution in [0.5, 0.6) is 11.5 Å². The third-order valence-corrected chi connectivity index (χ3v) is 2.50. The van der Waals surface area contributed by atoms with Crippen LogP contribution in [0, 0.1) is 10.1 Å². The Kier molecular flexibility index (Phi) is 3.52. The molecule has 0 heterocycles. The summed E-state index contributed by atoms with van der Waals surface area (Å²) in [6.45, 7) is 0. The highest BCUT2D eigenvalue weighted by Gasteiger charge is 2.10. The van der Waals surface area contributed by atoms with Gasteiger partial charge in [-0.05, 0) is 24.3 Å². The Morgan fingerprint density at radius 3 is 2.30 bits per heavy atom. The molecule has 0 aliphatic rings. The molecule has 102 valence electrons. The second kappa shape index (κ2) is 5.27. The van der Waals surface area contributed by atoms with Crippen molar-refractivity contribution in [1.29, 1.82) is 0 Å². The van der Waals surface area contributed by atoms with Gasteiger partial charge < -0.3 is 16.2 Å². The minimum atomic E-state index is -0.556. The summed E-state index contributed by atoms with van der Waals surface area (Å²) in [6.07, 6.45) is 0. The van der Waals surface area contributed by atoms with Gasteiger partial charge in [0.1, 0.15) is 11.5 Å². The minimum Gasteiger partial charge on any atom is -0.457 e. The molecule has 2 rings (SSSR count). The van der Waals surface area contributed by atoms with Gasteiger partial charge in [-0.15, -0.1) is 0 Å². The van der Waals surface area contributed by atoms with Gasteiger partial charge in [-0.25, -0.2) is 0 Å². The van der Waals surface area contributed by atoms with E-state index in [0.717, 1.165) is 0 Å². The zero-order valence-corrected chi connectivity index (χ0v) is 10.3. The molecular weight excluding hydrogens is 262 g/mol. The van der Waals surface area contributed by atoms with E-state index in [-0.39, 0.29) is 17.1 Å². The van der Waals surface area contributed by atoms with Crippen LogP contribution in [0.1, 0.15) is 10.4 Å². The van der Waals surface area contributed by atoms with Gasteiger partial charge in [-0.1, -0.05) is 0 Å². The lowest BCUT2D eigenvalue weighted by Crippen LogP contribution is -2.10. The normalized spacial score (nSPS) is 10.0. The number of hydrogen-bond acceptors (Lipinski definition) is 5. The fourth-order valence-electron chi connectivity index (χ4n) is 1.59. The first-order valence-electron chi connectivity index (χ1n) is 5.58. The van der Waals surface area contributed by atoms with E-state index in [9.17, 15) is 14.9 Å². The number of primary amides is 1. The number of nitro benzene ring substituents is 1. The highest BCUT2D eigenvalue weighted by molar-refractivity contribution is 5.92. The maximum atomic E-state index is 10.9. The van der Waals surface area contributed by atoms with Gasteiger partial charge in [0.15, 0.2) is 0 Å². The molecule has 0 radical (unpaired) electrons. The number of non-ortho nitro benzene ring substituents is 1. The summed E-state index contributed by atoms with van der Waals surface area (Å²) in [5, 5.41) is 10.7. The van der Waals surface area contributed by atoms with Crippen LogP contribution in [0.15, 0.2) is 42.5 Å². The number of ether oxygens (including phenoxy) is 1. The van der Waals surface area contributed by atoms with E-state index in [1.165, 1.54) is 42.5 Å². The Labute approximate surface area is 113 Å². The standard InChI is InChI=1S/C13H11N3O4/c14-9-5-10(16(18)19)7-12(6-9)20-11-3-1-8(2-4-11)13(15)17/h1-7H,14H2,(H2,15,17). The van der Waals surface area contributed by atoms with Crippen LogP contribution in [0.4, 0.5) is 11.4 Å². The third kappa shape index (κ3) is 3.02. The van der Waals surface area contributed by atoms with Gasteiger partial charge in [0, 0.05) is 23.4 Å². The van der Waals surface area contributed by atoms with Crippen molar-refractivity contribution >= 4 is 17.3 Å². The fraction of sp³-hybridized carbons (Fsp3) is 0. The first-order valence-corrected chi connectivity index (χ1v) is 5.58. The van der Waals surface area contributed by atoms with Crippen LogP contribution < -0.4 is 16.2 Å². The molecule has 0 saturated carbocycles. The first kappa shape index (κ1) is 13.3. The maximum absolute atomic E-state index is 10.9. The molecule has 2 aromatic rings. The molecule has 4 N–H and O–H groups in total. The average molecular weight is 273 g/mol. The van der Waals surface area contributed by atoms with E-state index >= 15 is 0 Å². The number of carbonyl (C=O) groups excluding carboxylic acids is 1. The lowest BCUT2D eigenvalue weighted by atomic mass is 10.2. The lowest BCUT2D eigenvalue weighted by molar-refractivity contribution is -0.384. The molecule has 2 aromatic carbocycles. The van der Waals surface area contributed by atoms with E-state index in [1.54, 1.807) is 0 Å². The molecule has 0 spiro atoms. The highest BCUT2D eigenvalue weighted by atomic mass is 16.6. The molecule has 0 fully saturated rings. The van der Waals surface area contributed by atoms with Crippen molar-refractivity contribution in [2.24, 2.45) is 5.73 Å². The van der Waals surface area contributed by atoms with E-state index in [1.807, 2.05) is 0 Å². The molecule has 0 atom stereocenters. The van der Waals surface area contributed by atoms with Crippen LogP contribution in [-0.2, 0) is 0 Å². The molecule has 20 heavy (non-hydrogen) atoms. The smallest absolute Gasteiger partial charge is 0.275 e. The SMILES string of the molecule is NC(=O)c1ccc(Oc2cc(N)cc([N+](=O)[O-])c2)cc1. The molecule has 7 nitrogen and oxygen atoms in total. The second-order valence-electron chi connectivity index (χ2n) is 4.01. The summed E-state index contributed by atoms with van der Waals surface area (Å²) >= 11 is 0. The van der Waals surface area contributed by atoms with Crippen molar-refractivity contribution in [3.8, 4) is 11.5 Å². The zero-order chi connectivity index (χ0) is 14.7. The highest BCUT2D eigenvalue weighted by Crippen LogP contribution is 2.28. The Morgan fingerprint density at radius 1 is 1.10 bits per heavy atom. The van der Waals surface area contributed by atoms with Crippen LogP contribution in [0.25, 0.3) is 0 Å².